The van der Waals surface area contributed by atoms with E-state index in [1.54, 1.807) is 6.20 Å². The number of halogens is 1. The maximum Gasteiger partial charge on any atom is 0.293 e. The third-order valence-electron chi connectivity index (χ3n) is 3.66. The van der Waals surface area contributed by atoms with Gasteiger partial charge in [0.2, 0.25) is 0 Å². The van der Waals surface area contributed by atoms with Crippen LogP contribution in [0.2, 0.25) is 0 Å². The first kappa shape index (κ1) is 19.3. The normalized spacial score (nSPS) is 15.9. The van der Waals surface area contributed by atoms with Gasteiger partial charge in [0.25, 0.3) is 11.1 Å². The summed E-state index contributed by atoms with van der Waals surface area (Å²) >= 11 is 1.02. The summed E-state index contributed by atoms with van der Waals surface area (Å²) in [6.07, 6.45) is 9.67. The van der Waals surface area contributed by atoms with Crippen LogP contribution in [0.1, 0.15) is 26.2 Å². The van der Waals surface area contributed by atoms with Crippen molar-refractivity contribution >= 4 is 41.0 Å². The van der Waals surface area contributed by atoms with Crippen LogP contribution in [0.4, 0.5) is 4.79 Å². The fraction of sp³-hybridized carbons (Fsp3) is 0.353. The predicted octanol–water partition coefficient (Wildman–Crippen LogP) is 3.90. The summed E-state index contributed by atoms with van der Waals surface area (Å²) in [5.74, 6) is 0.508. The van der Waals surface area contributed by atoms with Gasteiger partial charge in [-0.15, -0.1) is 12.4 Å². The number of aromatic nitrogens is 2. The number of fused-ring (bicyclic) bond motifs is 1. The van der Waals surface area contributed by atoms with Crippen LogP contribution in [-0.4, -0.2) is 38.6 Å². The molecule has 3 heterocycles. The van der Waals surface area contributed by atoms with Gasteiger partial charge in [0, 0.05) is 25.1 Å². The number of imide groups is 1. The summed E-state index contributed by atoms with van der Waals surface area (Å²) in [6.45, 7) is 2.83. The quantitative estimate of drug-likeness (QED) is 0.537. The predicted molar refractivity (Wildman–Crippen MR) is 100 cm³/mol. The van der Waals surface area contributed by atoms with Gasteiger partial charge < -0.3 is 9.14 Å². The summed E-state index contributed by atoms with van der Waals surface area (Å²) in [5.41, 5.74) is 0.756. The highest BCUT2D eigenvalue weighted by molar-refractivity contribution is 8.18. The number of hydrogen-bond acceptors (Lipinski definition) is 5. The van der Waals surface area contributed by atoms with Gasteiger partial charge in [0.05, 0.1) is 11.5 Å². The van der Waals surface area contributed by atoms with Gasteiger partial charge in [-0.25, -0.2) is 4.98 Å². The molecule has 0 spiro atoms. The van der Waals surface area contributed by atoms with Crippen molar-refractivity contribution in [3.05, 3.63) is 41.7 Å². The Labute approximate surface area is 156 Å². The lowest BCUT2D eigenvalue weighted by atomic mass is 10.3. The first-order chi connectivity index (χ1) is 11.7. The Morgan fingerprint density at radius 2 is 2.16 bits per heavy atom. The highest BCUT2D eigenvalue weighted by atomic mass is 35.5. The molecule has 2 aromatic rings. The lowest BCUT2D eigenvalue weighted by Crippen LogP contribution is -2.30. The number of amides is 2. The Morgan fingerprint density at radius 1 is 1.32 bits per heavy atom. The van der Waals surface area contributed by atoms with Gasteiger partial charge in [0.1, 0.15) is 0 Å². The number of rotatable bonds is 7. The van der Waals surface area contributed by atoms with Gasteiger partial charge >= 0.3 is 0 Å². The van der Waals surface area contributed by atoms with Crippen LogP contribution in [0.25, 0.3) is 5.65 Å². The minimum atomic E-state index is -0.197. The molecular formula is C17H20ClN3O3S. The van der Waals surface area contributed by atoms with Crippen molar-refractivity contribution in [2.45, 2.75) is 26.2 Å². The summed E-state index contributed by atoms with van der Waals surface area (Å²) < 4.78 is 7.62. The molecule has 1 saturated heterocycles. The molecule has 0 aromatic carbocycles. The van der Waals surface area contributed by atoms with Crippen molar-refractivity contribution in [3.8, 4) is 5.75 Å². The van der Waals surface area contributed by atoms with Crippen molar-refractivity contribution in [3.63, 3.8) is 0 Å². The number of hydrogen-bond donors (Lipinski definition) is 0. The Bertz CT molecular complexity index is 790. The molecule has 1 aliphatic heterocycles. The van der Waals surface area contributed by atoms with Crippen molar-refractivity contribution in [2.75, 3.05) is 13.2 Å². The molecule has 0 radical (unpaired) electrons. The smallest absolute Gasteiger partial charge is 0.293 e. The van der Waals surface area contributed by atoms with Gasteiger partial charge in [-0.05, 0) is 36.7 Å². The number of thioether (sulfide) groups is 1. The van der Waals surface area contributed by atoms with E-state index in [-0.39, 0.29) is 23.6 Å². The highest BCUT2D eigenvalue weighted by Crippen LogP contribution is 2.31. The standard InChI is InChI=1S/C17H19N3O3S.ClH/c1-2-3-7-14-16(21)20(17(22)24-14)10-5-12-23-13-6-4-9-19-11-8-18-15(13)19;/h4,6-9,11H,2-3,5,10,12H2,1H3;1H. The average Bonchev–Trinajstić information content (AvgIpc) is 3.16. The van der Waals surface area contributed by atoms with E-state index >= 15 is 0 Å². The maximum absolute atomic E-state index is 12.2. The average molecular weight is 382 g/mol. The highest BCUT2D eigenvalue weighted by Gasteiger charge is 2.34. The molecule has 3 rings (SSSR count). The number of carbonyl (C=O) groups excluding carboxylic acids is 2. The largest absolute Gasteiger partial charge is 0.490 e. The first-order valence-corrected chi connectivity index (χ1v) is 8.80. The summed E-state index contributed by atoms with van der Waals surface area (Å²) in [7, 11) is 0. The number of pyridine rings is 1. The third-order valence-corrected chi connectivity index (χ3v) is 4.62. The van der Waals surface area contributed by atoms with E-state index in [1.165, 1.54) is 4.90 Å². The molecule has 2 aromatic heterocycles. The second-order valence-corrected chi connectivity index (χ2v) is 6.41. The zero-order valence-electron chi connectivity index (χ0n) is 13.9. The minimum Gasteiger partial charge on any atom is -0.490 e. The number of nitrogens with zero attached hydrogens (tertiary/aromatic N) is 3. The fourth-order valence-electron chi connectivity index (χ4n) is 2.45. The van der Waals surface area contributed by atoms with Gasteiger partial charge in [-0.2, -0.15) is 0 Å². The van der Waals surface area contributed by atoms with E-state index in [2.05, 4.69) is 4.98 Å². The lowest BCUT2D eigenvalue weighted by molar-refractivity contribution is -0.122. The van der Waals surface area contributed by atoms with Crippen molar-refractivity contribution < 1.29 is 14.3 Å². The van der Waals surface area contributed by atoms with Crippen LogP contribution in [-0.2, 0) is 4.79 Å². The zero-order valence-corrected chi connectivity index (χ0v) is 15.5. The molecule has 0 saturated carbocycles. The van der Waals surface area contributed by atoms with Crippen LogP contribution in [0, 0.1) is 0 Å². The second-order valence-electron chi connectivity index (χ2n) is 5.41. The molecule has 2 amide bonds. The lowest BCUT2D eigenvalue weighted by Gasteiger charge is -2.13. The van der Waals surface area contributed by atoms with Crippen molar-refractivity contribution in [1.82, 2.24) is 14.3 Å². The van der Waals surface area contributed by atoms with Crippen LogP contribution in [0.15, 0.2) is 41.7 Å². The first-order valence-electron chi connectivity index (χ1n) is 7.99. The number of allylic oxidation sites excluding steroid dienone is 1. The van der Waals surface area contributed by atoms with E-state index < -0.39 is 0 Å². The van der Waals surface area contributed by atoms with Gasteiger partial charge in [-0.3, -0.25) is 14.5 Å². The van der Waals surface area contributed by atoms with Crippen molar-refractivity contribution in [2.24, 2.45) is 0 Å². The summed E-state index contributed by atoms with van der Waals surface area (Å²) in [4.78, 5) is 30.2. The van der Waals surface area contributed by atoms with Gasteiger partial charge in [0.15, 0.2) is 11.4 Å². The Kier molecular flexibility index (Phi) is 6.90. The van der Waals surface area contributed by atoms with E-state index in [9.17, 15) is 9.59 Å². The molecule has 134 valence electrons. The monoisotopic (exact) mass is 381 g/mol. The summed E-state index contributed by atoms with van der Waals surface area (Å²) in [6, 6.07) is 3.74. The van der Waals surface area contributed by atoms with E-state index in [4.69, 9.17) is 4.74 Å². The Morgan fingerprint density at radius 3 is 2.96 bits per heavy atom. The molecule has 1 aliphatic rings. The minimum absolute atomic E-state index is 0. The molecular weight excluding hydrogens is 362 g/mol. The molecule has 0 unspecified atom stereocenters. The number of carbonyl (C=O) groups is 2. The Hall–Kier alpha value is -1.99. The fourth-order valence-corrected chi connectivity index (χ4v) is 3.32. The number of imidazole rings is 1. The molecule has 0 bridgehead atoms. The maximum atomic E-state index is 12.2. The molecule has 0 atom stereocenters. The van der Waals surface area contributed by atoms with E-state index in [0.717, 1.165) is 30.3 Å². The van der Waals surface area contributed by atoms with Crippen LogP contribution >= 0.6 is 24.2 Å². The topological polar surface area (TPSA) is 63.9 Å². The molecule has 0 aliphatic carbocycles. The van der Waals surface area contributed by atoms with E-state index in [1.807, 2.05) is 41.9 Å². The van der Waals surface area contributed by atoms with Crippen LogP contribution in [0.5, 0.6) is 5.75 Å². The molecule has 6 nitrogen and oxygen atoms in total. The third kappa shape index (κ3) is 4.35. The van der Waals surface area contributed by atoms with Crippen LogP contribution in [0.3, 0.4) is 0 Å². The zero-order chi connectivity index (χ0) is 16.9. The SMILES string of the molecule is CCCC=C1SC(=O)N(CCCOc2cccn3ccnc23)C1=O.Cl. The molecule has 0 N–H and O–H groups in total. The van der Waals surface area contributed by atoms with Crippen LogP contribution < -0.4 is 4.74 Å². The molecule has 1 fully saturated rings. The van der Waals surface area contributed by atoms with Crippen molar-refractivity contribution in [1.29, 1.82) is 0 Å². The molecule has 8 heteroatoms. The summed E-state index contributed by atoms with van der Waals surface area (Å²) in [5, 5.41) is -0.197. The molecule has 25 heavy (non-hydrogen) atoms. The Balaban J connectivity index is 0.00000225. The number of unbranched alkanes of at least 4 members (excludes halogenated alkanes) is 1. The second kappa shape index (κ2) is 8.92. The van der Waals surface area contributed by atoms with E-state index in [0.29, 0.717) is 30.2 Å². The number of ether oxygens (including phenoxy) is 1. The van der Waals surface area contributed by atoms with Gasteiger partial charge in [-0.1, -0.05) is 19.4 Å².